The summed E-state index contributed by atoms with van der Waals surface area (Å²) >= 11 is 1.08. The van der Waals surface area contributed by atoms with E-state index in [0.29, 0.717) is 22.8 Å². The number of hydrogen-bond acceptors (Lipinski definition) is 7. The van der Waals surface area contributed by atoms with Crippen molar-refractivity contribution in [3.8, 4) is 23.3 Å². The van der Waals surface area contributed by atoms with E-state index >= 15 is 0 Å². The Hall–Kier alpha value is -3.03. The van der Waals surface area contributed by atoms with Crippen molar-refractivity contribution in [2.45, 2.75) is 25.3 Å². The standard InChI is InChI=1S/C19H18N4O2S/c1-3-8-25-16(24)11-26-19-15(10-21)17(14(9-20)18(22)23-19)13-6-4-12(2)5-7-13/h4-7H,3,8,11H2,1-2H3,(H2,22,23). The molecule has 26 heavy (non-hydrogen) atoms. The van der Waals surface area contributed by atoms with Crippen molar-refractivity contribution in [1.82, 2.24) is 4.98 Å². The summed E-state index contributed by atoms with van der Waals surface area (Å²) < 4.78 is 5.04. The molecule has 0 atom stereocenters. The Bertz CT molecular complexity index is 896. The molecule has 2 rings (SSSR count). The Morgan fingerprint density at radius 3 is 2.46 bits per heavy atom. The Kier molecular flexibility index (Phi) is 6.60. The average molecular weight is 366 g/mol. The molecular weight excluding hydrogens is 348 g/mol. The fourth-order valence-corrected chi connectivity index (χ4v) is 3.09. The molecular formula is C19H18N4O2S. The molecule has 0 aliphatic heterocycles. The van der Waals surface area contributed by atoms with Gasteiger partial charge < -0.3 is 10.5 Å². The Labute approximate surface area is 156 Å². The molecule has 7 heteroatoms. The largest absolute Gasteiger partial charge is 0.465 e. The molecule has 0 amide bonds. The molecule has 0 spiro atoms. The van der Waals surface area contributed by atoms with E-state index < -0.39 is 0 Å². The van der Waals surface area contributed by atoms with Gasteiger partial charge in [0.1, 0.15) is 28.5 Å². The number of nitrogen functional groups attached to an aromatic ring is 1. The summed E-state index contributed by atoms with van der Waals surface area (Å²) in [6, 6.07) is 11.6. The van der Waals surface area contributed by atoms with Gasteiger partial charge in [0, 0.05) is 5.56 Å². The average Bonchev–Trinajstić information content (AvgIpc) is 2.64. The van der Waals surface area contributed by atoms with Crippen LogP contribution in [0.1, 0.15) is 30.0 Å². The number of hydrogen-bond donors (Lipinski definition) is 1. The second-order valence-corrected chi connectivity index (χ2v) is 6.49. The molecule has 132 valence electrons. The van der Waals surface area contributed by atoms with Crippen LogP contribution in [-0.2, 0) is 9.53 Å². The predicted octanol–water partition coefficient (Wildman–Crippen LogP) is 3.43. The number of carbonyl (C=O) groups is 1. The van der Waals surface area contributed by atoms with Crippen LogP contribution in [0.5, 0.6) is 0 Å². The third kappa shape index (κ3) is 4.33. The summed E-state index contributed by atoms with van der Waals surface area (Å²) in [4.78, 5) is 15.9. The first-order valence-electron chi connectivity index (χ1n) is 8.00. The highest BCUT2D eigenvalue weighted by molar-refractivity contribution is 7.99. The monoisotopic (exact) mass is 366 g/mol. The maximum absolute atomic E-state index is 11.7. The molecule has 1 aromatic heterocycles. The molecule has 0 bridgehead atoms. The zero-order valence-electron chi connectivity index (χ0n) is 14.6. The first-order chi connectivity index (χ1) is 12.5. The molecule has 1 heterocycles. The van der Waals surface area contributed by atoms with Crippen molar-refractivity contribution in [2.75, 3.05) is 18.1 Å². The van der Waals surface area contributed by atoms with Crippen molar-refractivity contribution >= 4 is 23.5 Å². The lowest BCUT2D eigenvalue weighted by Crippen LogP contribution is -2.09. The molecule has 0 fully saturated rings. The molecule has 6 nitrogen and oxygen atoms in total. The number of nitriles is 2. The van der Waals surface area contributed by atoms with Gasteiger partial charge in [-0.25, -0.2) is 4.98 Å². The first-order valence-corrected chi connectivity index (χ1v) is 8.99. The minimum atomic E-state index is -0.387. The quantitative estimate of drug-likeness (QED) is 0.615. The van der Waals surface area contributed by atoms with Gasteiger partial charge in [0.05, 0.1) is 17.9 Å². The number of thioether (sulfide) groups is 1. The van der Waals surface area contributed by atoms with Crippen LogP contribution in [0.15, 0.2) is 29.3 Å². The van der Waals surface area contributed by atoms with E-state index in [9.17, 15) is 15.3 Å². The van der Waals surface area contributed by atoms with E-state index in [1.54, 1.807) is 0 Å². The van der Waals surface area contributed by atoms with Gasteiger partial charge in [0.15, 0.2) is 0 Å². The lowest BCUT2D eigenvalue weighted by Gasteiger charge is -2.13. The van der Waals surface area contributed by atoms with Crippen LogP contribution in [0.2, 0.25) is 0 Å². The fraction of sp³-hybridized carbons (Fsp3) is 0.263. The highest BCUT2D eigenvalue weighted by Gasteiger charge is 2.21. The number of nitrogens with zero attached hydrogens (tertiary/aromatic N) is 3. The summed E-state index contributed by atoms with van der Waals surface area (Å²) in [7, 11) is 0. The SMILES string of the molecule is CCCOC(=O)CSc1nc(N)c(C#N)c(-c2ccc(C)cc2)c1C#N. The maximum atomic E-state index is 11.7. The molecule has 0 aliphatic carbocycles. The van der Waals surface area contributed by atoms with Crippen LogP contribution in [0, 0.1) is 29.6 Å². The Balaban J connectivity index is 2.48. The van der Waals surface area contributed by atoms with Crippen molar-refractivity contribution in [3.05, 3.63) is 41.0 Å². The number of aromatic nitrogens is 1. The zero-order chi connectivity index (χ0) is 19.1. The summed E-state index contributed by atoms with van der Waals surface area (Å²) in [5.41, 5.74) is 8.52. The lowest BCUT2D eigenvalue weighted by molar-refractivity contribution is -0.140. The van der Waals surface area contributed by atoms with Gasteiger partial charge in [-0.15, -0.1) is 0 Å². The van der Waals surface area contributed by atoms with Crippen LogP contribution >= 0.6 is 11.8 Å². The number of rotatable bonds is 6. The fourth-order valence-electron chi connectivity index (χ4n) is 2.30. The van der Waals surface area contributed by atoms with Crippen LogP contribution in [0.25, 0.3) is 11.1 Å². The van der Waals surface area contributed by atoms with Gasteiger partial charge in [-0.1, -0.05) is 48.5 Å². The number of nitrogens with two attached hydrogens (primary N) is 1. The van der Waals surface area contributed by atoms with E-state index in [1.807, 2.05) is 44.2 Å². The van der Waals surface area contributed by atoms with Crippen LogP contribution in [0.4, 0.5) is 5.82 Å². The van der Waals surface area contributed by atoms with Crippen molar-refractivity contribution < 1.29 is 9.53 Å². The number of carbonyl (C=O) groups excluding carboxylic acids is 1. The number of benzene rings is 1. The molecule has 0 saturated heterocycles. The molecule has 0 saturated carbocycles. The topological polar surface area (TPSA) is 113 Å². The number of aryl methyl sites for hydroxylation is 1. The molecule has 0 unspecified atom stereocenters. The highest BCUT2D eigenvalue weighted by atomic mass is 32.2. The van der Waals surface area contributed by atoms with Gasteiger partial charge in [-0.05, 0) is 18.9 Å². The van der Waals surface area contributed by atoms with Gasteiger partial charge in [-0.2, -0.15) is 10.5 Å². The maximum Gasteiger partial charge on any atom is 0.316 e. The van der Waals surface area contributed by atoms with Crippen LogP contribution in [-0.4, -0.2) is 23.3 Å². The Morgan fingerprint density at radius 1 is 1.23 bits per heavy atom. The normalized spacial score (nSPS) is 10.0. The first kappa shape index (κ1) is 19.3. The second-order valence-electron chi connectivity index (χ2n) is 5.53. The molecule has 1 aromatic carbocycles. The molecule has 2 aromatic rings. The van der Waals surface area contributed by atoms with E-state index in [4.69, 9.17) is 10.5 Å². The van der Waals surface area contributed by atoms with Crippen molar-refractivity contribution in [2.24, 2.45) is 0 Å². The minimum absolute atomic E-state index is 0.0142. The number of pyridine rings is 1. The van der Waals surface area contributed by atoms with Crippen LogP contribution in [0.3, 0.4) is 0 Å². The number of anilines is 1. The highest BCUT2D eigenvalue weighted by Crippen LogP contribution is 2.35. The molecule has 0 aliphatic rings. The zero-order valence-corrected chi connectivity index (χ0v) is 15.4. The molecule has 2 N–H and O–H groups in total. The van der Waals surface area contributed by atoms with E-state index in [1.165, 1.54) is 0 Å². The van der Waals surface area contributed by atoms with Gasteiger partial charge in [0.2, 0.25) is 0 Å². The summed E-state index contributed by atoms with van der Waals surface area (Å²) in [5, 5.41) is 19.5. The van der Waals surface area contributed by atoms with Crippen molar-refractivity contribution in [1.29, 1.82) is 10.5 Å². The third-order valence-corrected chi connectivity index (χ3v) is 4.50. The number of esters is 1. The summed E-state index contributed by atoms with van der Waals surface area (Å²) in [6.45, 7) is 4.21. The molecule has 0 radical (unpaired) electrons. The second kappa shape index (κ2) is 8.89. The van der Waals surface area contributed by atoms with Gasteiger partial charge in [0.25, 0.3) is 0 Å². The smallest absolute Gasteiger partial charge is 0.316 e. The van der Waals surface area contributed by atoms with Crippen molar-refractivity contribution in [3.63, 3.8) is 0 Å². The van der Waals surface area contributed by atoms with Gasteiger partial charge in [-0.3, -0.25) is 4.79 Å². The summed E-state index contributed by atoms with van der Waals surface area (Å²) in [6.07, 6.45) is 0.736. The number of ether oxygens (including phenoxy) is 1. The lowest BCUT2D eigenvalue weighted by atomic mass is 9.96. The van der Waals surface area contributed by atoms with E-state index in [0.717, 1.165) is 23.7 Å². The third-order valence-electron chi connectivity index (χ3n) is 3.55. The Morgan fingerprint density at radius 2 is 1.88 bits per heavy atom. The van der Waals surface area contributed by atoms with E-state index in [2.05, 4.69) is 11.1 Å². The van der Waals surface area contributed by atoms with Gasteiger partial charge >= 0.3 is 5.97 Å². The van der Waals surface area contributed by atoms with E-state index in [-0.39, 0.29) is 28.7 Å². The summed E-state index contributed by atoms with van der Waals surface area (Å²) in [5.74, 6) is -0.339. The minimum Gasteiger partial charge on any atom is -0.465 e. The van der Waals surface area contributed by atoms with Crippen LogP contribution < -0.4 is 5.73 Å². The predicted molar refractivity (Wildman–Crippen MR) is 100 cm³/mol.